The fourth-order valence-electron chi connectivity index (χ4n) is 3.61. The van der Waals surface area contributed by atoms with Crippen LogP contribution < -0.4 is 15.4 Å². The quantitative estimate of drug-likeness (QED) is 0.508. The van der Waals surface area contributed by atoms with Crippen LogP contribution in [0.5, 0.6) is 5.75 Å². The number of rotatable bonds is 5. The molecular formula is C22H20F3N5O2S. The van der Waals surface area contributed by atoms with Gasteiger partial charge in [0, 0.05) is 5.70 Å². The maximum Gasteiger partial charge on any atom is 0.416 e. The molecule has 7 nitrogen and oxygen atoms in total. The summed E-state index contributed by atoms with van der Waals surface area (Å²) in [6, 6.07) is 10.9. The fraction of sp³-hybridized carbons (Fsp3) is 0.227. The molecule has 1 aliphatic heterocycles. The Morgan fingerprint density at radius 1 is 1.18 bits per heavy atom. The molecule has 33 heavy (non-hydrogen) atoms. The van der Waals surface area contributed by atoms with Crippen molar-refractivity contribution in [1.29, 1.82) is 0 Å². The molecule has 0 saturated heterocycles. The lowest BCUT2D eigenvalue weighted by Crippen LogP contribution is -2.31. The maximum absolute atomic E-state index is 13.4. The topological polar surface area (TPSA) is 81.1 Å². The van der Waals surface area contributed by atoms with Gasteiger partial charge in [-0.1, -0.05) is 36.0 Å². The highest BCUT2D eigenvalue weighted by molar-refractivity contribution is 7.98. The maximum atomic E-state index is 13.4. The number of nitrogens with one attached hydrogen (secondary N) is 2. The Bertz CT molecular complexity index is 1220. The first kappa shape index (κ1) is 22.7. The van der Waals surface area contributed by atoms with Crippen LogP contribution in [0.3, 0.4) is 0 Å². The summed E-state index contributed by atoms with van der Waals surface area (Å²) in [5.74, 6) is 0.432. The third-order valence-corrected chi connectivity index (χ3v) is 5.71. The summed E-state index contributed by atoms with van der Waals surface area (Å²) in [4.78, 5) is 17.8. The van der Waals surface area contributed by atoms with Gasteiger partial charge in [0.1, 0.15) is 11.8 Å². The van der Waals surface area contributed by atoms with Crippen LogP contribution in [0, 0.1) is 0 Å². The number of allylic oxidation sites excluding steroid dienone is 1. The van der Waals surface area contributed by atoms with E-state index in [1.165, 1.54) is 35.7 Å². The van der Waals surface area contributed by atoms with Crippen molar-refractivity contribution >= 4 is 29.3 Å². The van der Waals surface area contributed by atoms with Crippen LogP contribution in [0.4, 0.5) is 24.8 Å². The lowest BCUT2D eigenvalue weighted by molar-refractivity contribution is -0.137. The zero-order valence-corrected chi connectivity index (χ0v) is 18.7. The number of nitrogens with zero attached hydrogens (tertiary/aromatic N) is 3. The molecule has 2 aromatic carbocycles. The molecule has 1 aliphatic rings. The molecule has 1 atom stereocenters. The molecule has 2 heterocycles. The lowest BCUT2D eigenvalue weighted by atomic mass is 9.94. The van der Waals surface area contributed by atoms with Crippen LogP contribution in [0.15, 0.2) is 65.0 Å². The molecule has 0 spiro atoms. The van der Waals surface area contributed by atoms with E-state index < -0.39 is 23.7 Å². The largest absolute Gasteiger partial charge is 0.495 e. The highest BCUT2D eigenvalue weighted by atomic mass is 32.2. The third kappa shape index (κ3) is 4.40. The van der Waals surface area contributed by atoms with E-state index >= 15 is 0 Å². The molecule has 0 fully saturated rings. The smallest absolute Gasteiger partial charge is 0.416 e. The molecule has 0 radical (unpaired) electrons. The second kappa shape index (κ2) is 8.81. The second-order valence-electron chi connectivity index (χ2n) is 7.21. The van der Waals surface area contributed by atoms with E-state index in [9.17, 15) is 18.0 Å². The summed E-state index contributed by atoms with van der Waals surface area (Å²) < 4.78 is 46.1. The second-order valence-corrected chi connectivity index (χ2v) is 7.98. The van der Waals surface area contributed by atoms with Gasteiger partial charge in [-0.05, 0) is 43.0 Å². The van der Waals surface area contributed by atoms with Gasteiger partial charge in [0.05, 0.1) is 23.9 Å². The Labute approximate surface area is 192 Å². The number of hydrogen-bond acceptors (Lipinski definition) is 6. The molecule has 0 saturated carbocycles. The molecule has 0 bridgehead atoms. The average molecular weight is 475 g/mol. The van der Waals surface area contributed by atoms with Crippen molar-refractivity contribution in [2.24, 2.45) is 0 Å². The summed E-state index contributed by atoms with van der Waals surface area (Å²) >= 11 is 1.32. The molecular weight excluding hydrogens is 455 g/mol. The van der Waals surface area contributed by atoms with Crippen molar-refractivity contribution < 1.29 is 22.7 Å². The monoisotopic (exact) mass is 475 g/mol. The number of ether oxygens (including phenoxy) is 1. The number of fused-ring (bicyclic) bond motifs is 1. The van der Waals surface area contributed by atoms with Crippen molar-refractivity contribution in [3.63, 3.8) is 0 Å². The number of aromatic nitrogens is 3. The minimum absolute atomic E-state index is 0.297. The van der Waals surface area contributed by atoms with Gasteiger partial charge in [-0.25, -0.2) is 4.68 Å². The molecule has 2 N–H and O–H groups in total. The number of carbonyl (C=O) groups excluding carboxylic acids is 1. The Morgan fingerprint density at radius 3 is 2.52 bits per heavy atom. The van der Waals surface area contributed by atoms with E-state index in [0.717, 1.165) is 12.1 Å². The highest BCUT2D eigenvalue weighted by Gasteiger charge is 2.36. The number of methoxy groups -OCH3 is 1. The number of alkyl halides is 3. The van der Waals surface area contributed by atoms with Gasteiger partial charge in [-0.15, -0.1) is 5.10 Å². The normalized spacial score (nSPS) is 15.6. The van der Waals surface area contributed by atoms with Crippen LogP contribution in [0.1, 0.15) is 24.1 Å². The van der Waals surface area contributed by atoms with Crippen molar-refractivity contribution in [3.8, 4) is 5.75 Å². The van der Waals surface area contributed by atoms with E-state index in [1.54, 1.807) is 31.2 Å². The highest BCUT2D eigenvalue weighted by Crippen LogP contribution is 2.38. The van der Waals surface area contributed by atoms with Gasteiger partial charge < -0.3 is 15.4 Å². The Balaban J connectivity index is 1.79. The predicted molar refractivity (Wildman–Crippen MR) is 119 cm³/mol. The first-order valence-electron chi connectivity index (χ1n) is 9.82. The number of benzene rings is 2. The van der Waals surface area contributed by atoms with Gasteiger partial charge in [0.15, 0.2) is 0 Å². The molecule has 3 aromatic rings. The van der Waals surface area contributed by atoms with E-state index in [4.69, 9.17) is 4.74 Å². The molecule has 1 amide bonds. The zero-order chi connectivity index (χ0) is 23.8. The van der Waals surface area contributed by atoms with E-state index in [1.807, 2.05) is 6.26 Å². The average Bonchev–Trinajstić information content (AvgIpc) is 3.20. The van der Waals surface area contributed by atoms with Gasteiger partial charge >= 0.3 is 6.18 Å². The first-order chi connectivity index (χ1) is 15.7. The summed E-state index contributed by atoms with van der Waals surface area (Å²) in [6.45, 7) is 1.71. The number of hydrogen-bond donors (Lipinski definition) is 2. The zero-order valence-electron chi connectivity index (χ0n) is 17.9. The Morgan fingerprint density at radius 2 is 1.88 bits per heavy atom. The third-order valence-electron chi connectivity index (χ3n) is 5.17. The summed E-state index contributed by atoms with van der Waals surface area (Å²) in [6.07, 6.45) is -2.66. The van der Waals surface area contributed by atoms with Crippen molar-refractivity contribution in [1.82, 2.24) is 14.8 Å². The van der Waals surface area contributed by atoms with Gasteiger partial charge in [-0.3, -0.25) is 4.79 Å². The number of amides is 1. The molecule has 1 aromatic heterocycles. The molecule has 11 heteroatoms. The van der Waals surface area contributed by atoms with Crippen molar-refractivity contribution in [3.05, 3.63) is 70.9 Å². The van der Waals surface area contributed by atoms with Gasteiger partial charge in [0.25, 0.3) is 5.91 Å². The Hall–Kier alpha value is -3.47. The van der Waals surface area contributed by atoms with Crippen LogP contribution >= 0.6 is 11.8 Å². The molecule has 0 aliphatic carbocycles. The first-order valence-corrected chi connectivity index (χ1v) is 11.0. The number of thioether (sulfide) groups is 1. The fourth-order valence-corrected chi connectivity index (χ4v) is 3.96. The molecule has 172 valence electrons. The molecule has 4 rings (SSSR count). The number of carbonyl (C=O) groups is 1. The lowest BCUT2D eigenvalue weighted by Gasteiger charge is -2.29. The minimum atomic E-state index is -4.47. The van der Waals surface area contributed by atoms with Crippen molar-refractivity contribution in [2.75, 3.05) is 24.0 Å². The SMILES string of the molecule is COc1ccccc1NC(=O)C1=C(C)Nc2nc(SC)nn2[C@H]1c1ccc(C(F)(F)F)cc1. The standard InChI is InChI=1S/C22H20F3N5O2S/c1-12-17(19(31)27-15-6-4-5-7-16(15)32-2)18(30-20(26-12)28-21(29-30)33-3)13-8-10-14(11-9-13)22(23,24)25/h4-11,18H,1-3H3,(H,27,31)(H,26,28,29)/t18-/m0/s1. The number of anilines is 2. The summed E-state index contributed by atoms with van der Waals surface area (Å²) in [5, 5.41) is 10.8. The van der Waals surface area contributed by atoms with Crippen molar-refractivity contribution in [2.45, 2.75) is 24.3 Å². The Kier molecular flexibility index (Phi) is 6.07. The van der Waals surface area contributed by atoms with Crippen LogP contribution in [-0.4, -0.2) is 34.0 Å². The van der Waals surface area contributed by atoms with E-state index in [2.05, 4.69) is 20.7 Å². The number of para-hydroxylation sites is 2. The van der Waals surface area contributed by atoms with Gasteiger partial charge in [-0.2, -0.15) is 18.2 Å². The van der Waals surface area contributed by atoms with E-state index in [-0.39, 0.29) is 0 Å². The van der Waals surface area contributed by atoms with Crippen LogP contribution in [0.2, 0.25) is 0 Å². The predicted octanol–water partition coefficient (Wildman–Crippen LogP) is 4.96. The van der Waals surface area contributed by atoms with Crippen LogP contribution in [0.25, 0.3) is 0 Å². The number of halogens is 3. The van der Waals surface area contributed by atoms with Crippen LogP contribution in [-0.2, 0) is 11.0 Å². The minimum Gasteiger partial charge on any atom is -0.495 e. The summed E-state index contributed by atoms with van der Waals surface area (Å²) in [7, 11) is 1.49. The summed E-state index contributed by atoms with van der Waals surface area (Å²) in [5.41, 5.74) is 0.966. The van der Waals surface area contributed by atoms with Gasteiger partial charge in [0.2, 0.25) is 11.1 Å². The van der Waals surface area contributed by atoms with E-state index in [0.29, 0.717) is 39.4 Å². The molecule has 0 unspecified atom stereocenters.